The molecule has 0 aliphatic carbocycles. The van der Waals surface area contributed by atoms with E-state index in [1.54, 1.807) is 0 Å². The van der Waals surface area contributed by atoms with Crippen molar-refractivity contribution in [3.63, 3.8) is 0 Å². The number of fused-ring (bicyclic) bond motifs is 12. The number of hydrogen-bond donors (Lipinski definition) is 0. The maximum atomic E-state index is 6.37. The van der Waals surface area contributed by atoms with E-state index in [2.05, 4.69) is 138 Å². The molecule has 5 nitrogen and oxygen atoms in total. The molecule has 59 heavy (non-hydrogen) atoms. The topological polar surface area (TPSA) is 56.7 Å². The number of furan rings is 1. The van der Waals surface area contributed by atoms with Gasteiger partial charge in [0.05, 0.1) is 16.7 Å². The van der Waals surface area contributed by atoms with Crippen molar-refractivity contribution in [3.8, 4) is 39.9 Å². The summed E-state index contributed by atoms with van der Waals surface area (Å²) in [5, 5.41) is 11.7. The van der Waals surface area contributed by atoms with Crippen molar-refractivity contribution in [1.82, 2.24) is 19.5 Å². The van der Waals surface area contributed by atoms with Crippen LogP contribution in [0.2, 0.25) is 0 Å². The molecule has 9 aromatic carbocycles. The Hall–Kier alpha value is -7.67. The lowest BCUT2D eigenvalue weighted by Crippen LogP contribution is -2.04. The van der Waals surface area contributed by atoms with Gasteiger partial charge in [0.15, 0.2) is 17.5 Å². The first kappa shape index (κ1) is 32.4. The van der Waals surface area contributed by atoms with Crippen molar-refractivity contribution in [1.29, 1.82) is 0 Å². The molecule has 0 aliphatic heterocycles. The van der Waals surface area contributed by atoms with Crippen LogP contribution in [-0.4, -0.2) is 19.5 Å². The molecule has 6 heteroatoms. The minimum Gasteiger partial charge on any atom is -0.456 e. The lowest BCUT2D eigenvalue weighted by Gasteiger charge is -2.16. The summed E-state index contributed by atoms with van der Waals surface area (Å²) in [5.74, 6) is 1.79. The van der Waals surface area contributed by atoms with E-state index in [1.807, 2.05) is 59.9 Å². The summed E-state index contributed by atoms with van der Waals surface area (Å²) in [7, 11) is 0. The molecule has 274 valence electrons. The zero-order valence-electron chi connectivity index (χ0n) is 31.4. The van der Waals surface area contributed by atoms with Crippen molar-refractivity contribution in [2.75, 3.05) is 0 Å². The van der Waals surface area contributed by atoms with Gasteiger partial charge >= 0.3 is 0 Å². The molecular weight excluding hydrogens is 741 g/mol. The maximum Gasteiger partial charge on any atom is 0.166 e. The third-order valence-electron chi connectivity index (χ3n) is 11.8. The minimum absolute atomic E-state index is 0.589. The number of thiophene rings is 1. The average molecular weight is 771 g/mol. The van der Waals surface area contributed by atoms with Crippen LogP contribution in [-0.2, 0) is 0 Å². The second kappa shape index (κ2) is 12.4. The highest BCUT2D eigenvalue weighted by Crippen LogP contribution is 2.45. The molecule has 0 fully saturated rings. The Kier molecular flexibility index (Phi) is 6.82. The summed E-state index contributed by atoms with van der Waals surface area (Å²) in [6.07, 6.45) is 0. The van der Waals surface area contributed by atoms with Crippen LogP contribution in [0.3, 0.4) is 0 Å². The van der Waals surface area contributed by atoms with Gasteiger partial charge in [-0.05, 0) is 70.1 Å². The predicted octanol–water partition coefficient (Wildman–Crippen LogP) is 14.5. The Bertz CT molecular complexity index is 3860. The van der Waals surface area contributed by atoms with E-state index in [9.17, 15) is 0 Å². The quantitative estimate of drug-likeness (QED) is 0.179. The maximum absolute atomic E-state index is 6.37. The molecule has 4 aromatic heterocycles. The molecule has 0 aliphatic rings. The van der Waals surface area contributed by atoms with Crippen LogP contribution in [0.1, 0.15) is 0 Å². The molecule has 0 saturated heterocycles. The number of hydrogen-bond acceptors (Lipinski definition) is 5. The van der Waals surface area contributed by atoms with Crippen LogP contribution in [0, 0.1) is 0 Å². The van der Waals surface area contributed by atoms with E-state index in [4.69, 9.17) is 19.4 Å². The number of aromatic nitrogens is 4. The van der Waals surface area contributed by atoms with Crippen LogP contribution in [0.5, 0.6) is 0 Å². The first-order valence-corrected chi connectivity index (χ1v) is 20.6. The SMILES string of the molecule is c1ccc(-c2nc(-c3cc4c(cc3-n3c5ccccc5c5cc6ccccc6cc53)sc3ccc5ccccc5c34)nc(-c3cccc4oc5ccccc5c34)n2)cc1. The van der Waals surface area contributed by atoms with E-state index >= 15 is 0 Å². The molecule has 0 N–H and O–H groups in total. The van der Waals surface area contributed by atoms with Crippen molar-refractivity contribution < 1.29 is 4.42 Å². The molecular formula is C53H30N4OS. The second-order valence-corrected chi connectivity index (χ2v) is 16.2. The van der Waals surface area contributed by atoms with Gasteiger partial charge in [-0.15, -0.1) is 11.3 Å². The van der Waals surface area contributed by atoms with Gasteiger partial charge in [-0.3, -0.25) is 0 Å². The zero-order valence-corrected chi connectivity index (χ0v) is 32.2. The molecule has 0 saturated carbocycles. The first-order valence-electron chi connectivity index (χ1n) is 19.8. The van der Waals surface area contributed by atoms with Gasteiger partial charge in [-0.25, -0.2) is 15.0 Å². The van der Waals surface area contributed by atoms with Crippen molar-refractivity contribution >= 4 is 96.8 Å². The number of nitrogens with zero attached hydrogens (tertiary/aromatic N) is 4. The van der Waals surface area contributed by atoms with Gasteiger partial charge in [0, 0.05) is 58.4 Å². The lowest BCUT2D eigenvalue weighted by molar-refractivity contribution is 0.669. The third kappa shape index (κ3) is 4.87. The molecule has 13 aromatic rings. The van der Waals surface area contributed by atoms with Gasteiger partial charge < -0.3 is 8.98 Å². The van der Waals surface area contributed by atoms with Crippen molar-refractivity contribution in [2.24, 2.45) is 0 Å². The molecule has 0 spiro atoms. The largest absolute Gasteiger partial charge is 0.456 e. The molecule has 13 rings (SSSR count). The molecule has 4 heterocycles. The Labute approximate surface area is 341 Å². The minimum atomic E-state index is 0.589. The fourth-order valence-electron chi connectivity index (χ4n) is 9.15. The zero-order chi connectivity index (χ0) is 38.6. The van der Waals surface area contributed by atoms with Gasteiger partial charge in [0.1, 0.15) is 11.2 Å². The van der Waals surface area contributed by atoms with E-state index in [0.717, 1.165) is 55.3 Å². The van der Waals surface area contributed by atoms with Gasteiger partial charge in [-0.2, -0.15) is 0 Å². The Balaban J connectivity index is 1.19. The second-order valence-electron chi connectivity index (χ2n) is 15.1. The van der Waals surface area contributed by atoms with Crippen LogP contribution in [0.15, 0.2) is 186 Å². The molecule has 0 bridgehead atoms. The summed E-state index contributed by atoms with van der Waals surface area (Å²) in [5.41, 5.74) is 7.62. The average Bonchev–Trinajstić information content (AvgIpc) is 3.97. The standard InChI is InChI=1S/C53H30N4OS/c1-2-14-32(15-3-1)51-54-52(38-21-12-24-46-49(38)37-20-9-11-23-45(37)58-46)56-53(55-51)40-29-41-48(59-47-26-25-31-13-6-7-18-35(31)50(41)47)30-44(40)57-42-22-10-8-19-36(42)39-27-33-16-4-5-17-34(33)28-43(39)57/h1-30H. The van der Waals surface area contributed by atoms with Gasteiger partial charge in [0.25, 0.3) is 0 Å². The van der Waals surface area contributed by atoms with E-state index in [-0.39, 0.29) is 0 Å². The summed E-state index contributed by atoms with van der Waals surface area (Å²) in [6.45, 7) is 0. The normalized spacial score (nSPS) is 12.1. The highest BCUT2D eigenvalue weighted by atomic mass is 32.1. The fraction of sp³-hybridized carbons (Fsp3) is 0. The number of para-hydroxylation sites is 2. The van der Waals surface area contributed by atoms with E-state index < -0.39 is 0 Å². The third-order valence-corrected chi connectivity index (χ3v) is 12.9. The number of rotatable bonds is 4. The van der Waals surface area contributed by atoms with E-state index in [0.29, 0.717) is 17.5 Å². The molecule has 0 radical (unpaired) electrons. The lowest BCUT2D eigenvalue weighted by atomic mass is 10.0. The smallest absolute Gasteiger partial charge is 0.166 e. The Morgan fingerprint density at radius 3 is 1.93 bits per heavy atom. The predicted molar refractivity (Wildman–Crippen MR) is 246 cm³/mol. The fourth-order valence-corrected chi connectivity index (χ4v) is 10.3. The molecule has 0 amide bonds. The van der Waals surface area contributed by atoms with Gasteiger partial charge in [0.2, 0.25) is 0 Å². The van der Waals surface area contributed by atoms with Gasteiger partial charge in [-0.1, -0.05) is 133 Å². The van der Waals surface area contributed by atoms with Crippen LogP contribution >= 0.6 is 11.3 Å². The van der Waals surface area contributed by atoms with Crippen molar-refractivity contribution in [3.05, 3.63) is 182 Å². The Morgan fingerprint density at radius 1 is 0.390 bits per heavy atom. The molecule has 0 atom stereocenters. The molecule has 0 unspecified atom stereocenters. The van der Waals surface area contributed by atoms with Crippen LogP contribution in [0.4, 0.5) is 0 Å². The Morgan fingerprint density at radius 2 is 1.07 bits per heavy atom. The van der Waals surface area contributed by atoms with Crippen LogP contribution < -0.4 is 0 Å². The summed E-state index contributed by atoms with van der Waals surface area (Å²) in [4.78, 5) is 16.1. The first-order chi connectivity index (χ1) is 29.2. The summed E-state index contributed by atoms with van der Waals surface area (Å²) >= 11 is 1.83. The number of benzene rings is 9. The monoisotopic (exact) mass is 770 g/mol. The van der Waals surface area contributed by atoms with Crippen LogP contribution in [0.25, 0.3) is 125 Å². The summed E-state index contributed by atoms with van der Waals surface area (Å²) < 4.78 is 11.2. The highest BCUT2D eigenvalue weighted by Gasteiger charge is 2.23. The summed E-state index contributed by atoms with van der Waals surface area (Å²) in [6, 6.07) is 64.4. The van der Waals surface area contributed by atoms with E-state index in [1.165, 1.54) is 52.5 Å². The van der Waals surface area contributed by atoms with Crippen molar-refractivity contribution in [2.45, 2.75) is 0 Å². The highest BCUT2D eigenvalue weighted by molar-refractivity contribution is 7.26.